The molecule has 5 heteroatoms. The second-order valence-corrected chi connectivity index (χ2v) is 5.12. The van der Waals surface area contributed by atoms with Crippen LogP contribution in [0.2, 0.25) is 0 Å². The van der Waals surface area contributed by atoms with E-state index in [1.54, 1.807) is 0 Å². The zero-order chi connectivity index (χ0) is 11.7. The van der Waals surface area contributed by atoms with E-state index in [-0.39, 0.29) is 17.7 Å². The first-order valence-corrected chi connectivity index (χ1v) is 5.30. The number of nitrogens with two attached hydrogens (primary N) is 2. The van der Waals surface area contributed by atoms with Gasteiger partial charge in [0.05, 0.1) is 5.60 Å². The molecule has 0 bridgehead atoms. The minimum Gasteiger partial charge on any atom is -0.386 e. The van der Waals surface area contributed by atoms with Crippen LogP contribution in [0.1, 0.15) is 33.6 Å². The Labute approximate surface area is 91.0 Å². The molecule has 0 aromatic rings. The highest BCUT2D eigenvalue weighted by Crippen LogP contribution is 2.23. The Kier molecular flexibility index (Phi) is 3.38. The van der Waals surface area contributed by atoms with Gasteiger partial charge < -0.3 is 16.2 Å². The van der Waals surface area contributed by atoms with Crippen LogP contribution in [-0.2, 0) is 4.74 Å². The number of amidine groups is 1. The number of piperidine rings is 1. The lowest BCUT2D eigenvalue weighted by Gasteiger charge is -2.43. The van der Waals surface area contributed by atoms with Crippen molar-refractivity contribution in [2.24, 2.45) is 11.5 Å². The smallest absolute Gasteiger partial charge is 0.134 e. The fourth-order valence-corrected chi connectivity index (χ4v) is 1.70. The molecule has 0 amide bonds. The highest BCUT2D eigenvalue weighted by atomic mass is 16.5. The van der Waals surface area contributed by atoms with Gasteiger partial charge >= 0.3 is 0 Å². The van der Waals surface area contributed by atoms with Gasteiger partial charge in [0, 0.05) is 0 Å². The maximum absolute atomic E-state index is 7.56. The van der Waals surface area contributed by atoms with Crippen LogP contribution in [-0.4, -0.2) is 29.7 Å². The molecule has 0 spiro atoms. The van der Waals surface area contributed by atoms with Crippen LogP contribution in [0.25, 0.3) is 0 Å². The second-order valence-electron chi connectivity index (χ2n) is 5.12. The Balaban J connectivity index is 2.79. The van der Waals surface area contributed by atoms with E-state index in [0.717, 1.165) is 13.0 Å². The van der Waals surface area contributed by atoms with Gasteiger partial charge in [-0.25, -0.2) is 0 Å². The summed E-state index contributed by atoms with van der Waals surface area (Å²) < 4.78 is 5.80. The topological polar surface area (TPSA) is 97.1 Å². The summed E-state index contributed by atoms with van der Waals surface area (Å²) in [4.78, 5) is 0. The van der Waals surface area contributed by atoms with Crippen LogP contribution in [0.3, 0.4) is 0 Å². The summed E-state index contributed by atoms with van der Waals surface area (Å²) in [5.41, 5.74) is 10.5. The highest BCUT2D eigenvalue weighted by molar-refractivity contribution is 5.87. The van der Waals surface area contributed by atoms with Crippen molar-refractivity contribution < 1.29 is 4.74 Å². The lowest BCUT2D eigenvalue weighted by atomic mass is 9.87. The highest BCUT2D eigenvalue weighted by Gasteiger charge is 2.42. The van der Waals surface area contributed by atoms with E-state index in [0.29, 0.717) is 6.42 Å². The second kappa shape index (κ2) is 4.08. The largest absolute Gasteiger partial charge is 0.386 e. The van der Waals surface area contributed by atoms with E-state index in [4.69, 9.17) is 21.6 Å². The van der Waals surface area contributed by atoms with Crippen molar-refractivity contribution in [3.05, 3.63) is 0 Å². The van der Waals surface area contributed by atoms with Gasteiger partial charge in [-0.05, 0) is 40.2 Å². The van der Waals surface area contributed by atoms with Crippen molar-refractivity contribution in [2.75, 3.05) is 6.54 Å². The molecule has 6 N–H and O–H groups in total. The molecule has 0 radical (unpaired) electrons. The van der Waals surface area contributed by atoms with Crippen molar-refractivity contribution in [3.63, 3.8) is 0 Å². The van der Waals surface area contributed by atoms with Gasteiger partial charge in [-0.1, -0.05) is 0 Å². The molecule has 2 atom stereocenters. The third kappa shape index (κ3) is 2.90. The van der Waals surface area contributed by atoms with Crippen molar-refractivity contribution in [1.82, 2.24) is 5.32 Å². The third-order valence-electron chi connectivity index (χ3n) is 2.54. The molecule has 88 valence electrons. The summed E-state index contributed by atoms with van der Waals surface area (Å²) in [7, 11) is 0. The zero-order valence-electron chi connectivity index (χ0n) is 9.76. The summed E-state index contributed by atoms with van der Waals surface area (Å²) >= 11 is 0. The molecular formula is C10H22N4O. The summed E-state index contributed by atoms with van der Waals surface area (Å²) in [6.07, 6.45) is 1.24. The number of hydrogen-bond donors (Lipinski definition) is 4. The number of nitrogens with one attached hydrogen (secondary N) is 2. The van der Waals surface area contributed by atoms with Crippen molar-refractivity contribution in [2.45, 2.75) is 51.0 Å². The van der Waals surface area contributed by atoms with E-state index in [1.807, 2.05) is 20.8 Å². The standard InChI is InChI=1S/C10H22N4O/c1-9(2,3)15-8-10(13,7(11)12)5-4-6-14-8/h8,14H,4-6,13H2,1-3H3,(H3,11,12). The fraction of sp³-hybridized carbons (Fsp3) is 0.900. The van der Waals surface area contributed by atoms with Crippen LogP contribution in [0.15, 0.2) is 0 Å². The third-order valence-corrected chi connectivity index (χ3v) is 2.54. The molecule has 0 aromatic heterocycles. The summed E-state index contributed by atoms with van der Waals surface area (Å²) in [5, 5.41) is 10.7. The molecule has 1 aliphatic rings. The predicted octanol–water partition coefficient (Wildman–Crippen LogP) is 0.144. The number of hydrogen-bond acceptors (Lipinski definition) is 4. The van der Waals surface area contributed by atoms with Gasteiger partial charge in [0.1, 0.15) is 17.6 Å². The minimum atomic E-state index is -0.870. The van der Waals surface area contributed by atoms with Crippen LogP contribution in [0.5, 0.6) is 0 Å². The Bertz CT molecular complexity index is 248. The van der Waals surface area contributed by atoms with Crippen LogP contribution < -0.4 is 16.8 Å². The molecule has 5 nitrogen and oxygen atoms in total. The molecule has 0 aliphatic carbocycles. The number of rotatable bonds is 2. The molecule has 15 heavy (non-hydrogen) atoms. The molecule has 0 aromatic carbocycles. The Hall–Kier alpha value is -0.650. The van der Waals surface area contributed by atoms with Crippen LogP contribution in [0.4, 0.5) is 0 Å². The van der Waals surface area contributed by atoms with Gasteiger partial charge in [0.15, 0.2) is 0 Å². The first-order valence-electron chi connectivity index (χ1n) is 5.30. The molecular weight excluding hydrogens is 192 g/mol. The first-order chi connectivity index (χ1) is 6.76. The van der Waals surface area contributed by atoms with E-state index < -0.39 is 5.54 Å². The lowest BCUT2D eigenvalue weighted by molar-refractivity contribution is -0.104. The molecule has 1 aliphatic heterocycles. The van der Waals surface area contributed by atoms with E-state index in [2.05, 4.69) is 5.32 Å². The Morgan fingerprint density at radius 1 is 1.53 bits per heavy atom. The fourth-order valence-electron chi connectivity index (χ4n) is 1.70. The van der Waals surface area contributed by atoms with Gasteiger partial charge in [-0.3, -0.25) is 10.7 Å². The normalized spacial score (nSPS) is 32.7. The SMILES string of the molecule is CC(C)(C)OC1NCCCC1(N)C(=N)N. The van der Waals surface area contributed by atoms with Gasteiger partial charge in [0.2, 0.25) is 0 Å². The van der Waals surface area contributed by atoms with E-state index in [1.165, 1.54) is 0 Å². The summed E-state index contributed by atoms with van der Waals surface area (Å²) in [6, 6.07) is 0. The van der Waals surface area contributed by atoms with Crippen molar-refractivity contribution in [3.8, 4) is 0 Å². The lowest BCUT2D eigenvalue weighted by Crippen LogP contribution is -2.68. The monoisotopic (exact) mass is 214 g/mol. The van der Waals surface area contributed by atoms with Crippen LogP contribution >= 0.6 is 0 Å². The molecule has 2 unspecified atom stereocenters. The minimum absolute atomic E-state index is 0.0102. The predicted molar refractivity (Wildman–Crippen MR) is 60.7 cm³/mol. The Morgan fingerprint density at radius 2 is 2.13 bits per heavy atom. The van der Waals surface area contributed by atoms with Crippen molar-refractivity contribution >= 4 is 5.84 Å². The molecule has 1 saturated heterocycles. The average molecular weight is 214 g/mol. The Morgan fingerprint density at radius 3 is 2.60 bits per heavy atom. The van der Waals surface area contributed by atoms with Gasteiger partial charge in [-0.15, -0.1) is 0 Å². The van der Waals surface area contributed by atoms with Crippen molar-refractivity contribution in [1.29, 1.82) is 5.41 Å². The van der Waals surface area contributed by atoms with Gasteiger partial charge in [-0.2, -0.15) is 0 Å². The van der Waals surface area contributed by atoms with E-state index in [9.17, 15) is 0 Å². The number of ether oxygens (including phenoxy) is 1. The molecule has 1 fully saturated rings. The zero-order valence-corrected chi connectivity index (χ0v) is 9.76. The van der Waals surface area contributed by atoms with Crippen LogP contribution in [0, 0.1) is 5.41 Å². The molecule has 1 heterocycles. The van der Waals surface area contributed by atoms with Gasteiger partial charge in [0.25, 0.3) is 0 Å². The summed E-state index contributed by atoms with van der Waals surface area (Å²) in [5.74, 6) is -0.0102. The summed E-state index contributed by atoms with van der Waals surface area (Å²) in [6.45, 7) is 6.74. The maximum Gasteiger partial charge on any atom is 0.134 e. The maximum atomic E-state index is 7.56. The molecule has 0 saturated carbocycles. The quantitative estimate of drug-likeness (QED) is 0.388. The first kappa shape index (κ1) is 12.4. The van der Waals surface area contributed by atoms with E-state index >= 15 is 0 Å². The molecule has 1 rings (SSSR count). The average Bonchev–Trinajstić information content (AvgIpc) is 2.06.